The van der Waals surface area contributed by atoms with Crippen LogP contribution in [0, 0.1) is 11.3 Å². The van der Waals surface area contributed by atoms with Gasteiger partial charge in [0.1, 0.15) is 5.69 Å². The highest BCUT2D eigenvalue weighted by Crippen LogP contribution is 2.39. The summed E-state index contributed by atoms with van der Waals surface area (Å²) in [5.41, 5.74) is 0.190. The number of benzene rings is 2. The third kappa shape index (κ3) is 7.40. The molecule has 0 saturated heterocycles. The van der Waals surface area contributed by atoms with E-state index in [2.05, 4.69) is 22.4 Å². The average Bonchev–Trinajstić information content (AvgIpc) is 3.60. The Kier molecular flexibility index (Phi) is 10.5. The summed E-state index contributed by atoms with van der Waals surface area (Å²) in [7, 11) is 0. The molecule has 2 heterocycles. The third-order valence-corrected chi connectivity index (χ3v) is 8.24. The van der Waals surface area contributed by atoms with E-state index in [-0.39, 0.29) is 46.5 Å². The lowest BCUT2D eigenvalue weighted by Crippen LogP contribution is -2.52. The van der Waals surface area contributed by atoms with E-state index in [1.807, 2.05) is 30.3 Å². The van der Waals surface area contributed by atoms with E-state index < -0.39 is 29.2 Å². The zero-order valence-corrected chi connectivity index (χ0v) is 26.7. The fourth-order valence-corrected chi connectivity index (χ4v) is 6.19. The highest BCUT2D eigenvalue weighted by Gasteiger charge is 2.44. The Labute approximate surface area is 266 Å². The number of amides is 2. The molecule has 0 bridgehead atoms. The van der Waals surface area contributed by atoms with Gasteiger partial charge >= 0.3 is 5.97 Å². The minimum Gasteiger partial charge on any atom is -0.466 e. The summed E-state index contributed by atoms with van der Waals surface area (Å²) >= 11 is 18.9. The molecule has 3 unspecified atom stereocenters. The van der Waals surface area contributed by atoms with Crippen molar-refractivity contribution in [2.24, 2.45) is 16.4 Å². The second-order valence-corrected chi connectivity index (χ2v) is 12.2. The Bertz CT molecular complexity index is 1470. The number of nitrogens with one attached hydrogen (secondary N) is 1. The smallest absolute Gasteiger partial charge is 0.308 e. The molecule has 12 heteroatoms. The van der Waals surface area contributed by atoms with Crippen LogP contribution in [-0.4, -0.2) is 46.0 Å². The van der Waals surface area contributed by atoms with Gasteiger partial charge in [0.05, 0.1) is 22.6 Å². The number of carbonyl (C=O) groups is 3. The summed E-state index contributed by atoms with van der Waals surface area (Å²) in [6.07, 6.45) is 4.67. The second-order valence-electron chi connectivity index (χ2n) is 11.0. The van der Waals surface area contributed by atoms with Crippen LogP contribution in [-0.2, 0) is 19.1 Å². The molecule has 9 nitrogen and oxygen atoms in total. The molecular formula is C31H34Cl3N5O4. The molecule has 43 heavy (non-hydrogen) atoms. The number of halogens is 3. The fraction of sp³-hybridized carbons (Fsp3) is 0.387. The minimum absolute atomic E-state index is 0.104. The second kappa shape index (κ2) is 13.9. The highest BCUT2D eigenvalue weighted by molar-refractivity contribution is 6.43. The number of hydrogen-bond acceptors (Lipinski definition) is 6. The quantitative estimate of drug-likeness (QED) is 0.233. The Balaban J connectivity index is 1.59. The molecule has 3 atom stereocenters. The lowest BCUT2D eigenvalue weighted by molar-refractivity contribution is -0.150. The van der Waals surface area contributed by atoms with Crippen LogP contribution in [0.2, 0.25) is 15.1 Å². The number of carbonyl (C=O) groups excluding carboxylic acids is 3. The van der Waals surface area contributed by atoms with Crippen LogP contribution in [0.15, 0.2) is 66.0 Å². The van der Waals surface area contributed by atoms with Crippen molar-refractivity contribution >= 4 is 64.1 Å². The van der Waals surface area contributed by atoms with Crippen LogP contribution < -0.4 is 10.3 Å². The summed E-state index contributed by atoms with van der Waals surface area (Å²) < 4.78 is 6.81. The number of nitrogens with zero attached hydrogens (tertiary/aromatic N) is 4. The molecule has 4 rings (SSSR count). The van der Waals surface area contributed by atoms with E-state index in [0.29, 0.717) is 11.4 Å². The molecule has 0 spiro atoms. The van der Waals surface area contributed by atoms with Crippen molar-refractivity contribution in [3.05, 3.63) is 81.6 Å². The van der Waals surface area contributed by atoms with Crippen LogP contribution in [0.4, 0.5) is 5.69 Å². The molecule has 1 aromatic heterocycles. The van der Waals surface area contributed by atoms with Crippen molar-refractivity contribution in [2.75, 3.05) is 11.6 Å². The first kappa shape index (κ1) is 32.5. The molecule has 0 fully saturated rings. The molecule has 3 aromatic rings. The number of hydrazone groups is 1. The van der Waals surface area contributed by atoms with E-state index in [9.17, 15) is 14.4 Å². The normalized spacial score (nSPS) is 16.5. The first-order valence-electron chi connectivity index (χ1n) is 14.1. The van der Waals surface area contributed by atoms with Gasteiger partial charge in [-0.1, -0.05) is 85.9 Å². The summed E-state index contributed by atoms with van der Waals surface area (Å²) in [6.45, 7) is 7.55. The summed E-state index contributed by atoms with van der Waals surface area (Å²) in [6, 6.07) is 13.3. The first-order chi connectivity index (χ1) is 20.5. The zero-order valence-electron chi connectivity index (χ0n) is 24.4. The van der Waals surface area contributed by atoms with Gasteiger partial charge in [0, 0.05) is 22.8 Å². The standard InChI is InChI=1S/C31H34Cl3N5O4/c1-5-19(20-11-8-7-9-12-20)15-21(29(41)43-6-2)18-31(3,4)30(42)36-25-27(38-14-10-13-35-38)37-39(28(25)40)26-23(33)16-22(32)17-24(26)34/h7-14,16-17,19,21,25H,5-6,15,18H2,1-4H3,(H,36,42). The summed E-state index contributed by atoms with van der Waals surface area (Å²) in [5.74, 6) is -1.68. The molecular weight excluding hydrogens is 613 g/mol. The van der Waals surface area contributed by atoms with E-state index in [1.54, 1.807) is 33.0 Å². The van der Waals surface area contributed by atoms with Gasteiger partial charge in [-0.05, 0) is 55.9 Å². The predicted octanol–water partition coefficient (Wildman–Crippen LogP) is 6.72. The van der Waals surface area contributed by atoms with Gasteiger partial charge in [-0.25, -0.2) is 4.68 Å². The predicted molar refractivity (Wildman–Crippen MR) is 169 cm³/mol. The zero-order chi connectivity index (χ0) is 31.3. The van der Waals surface area contributed by atoms with Gasteiger partial charge in [0.15, 0.2) is 11.9 Å². The van der Waals surface area contributed by atoms with Crippen LogP contribution in [0.1, 0.15) is 58.4 Å². The van der Waals surface area contributed by atoms with Gasteiger partial charge < -0.3 is 10.1 Å². The monoisotopic (exact) mass is 645 g/mol. The Morgan fingerprint density at radius 1 is 1.07 bits per heavy atom. The third-order valence-electron chi connectivity index (χ3n) is 7.45. The van der Waals surface area contributed by atoms with Gasteiger partial charge in [-0.15, -0.1) is 5.10 Å². The minimum atomic E-state index is -1.21. The van der Waals surface area contributed by atoms with Crippen LogP contribution in [0.5, 0.6) is 0 Å². The van der Waals surface area contributed by atoms with Crippen molar-refractivity contribution in [3.63, 3.8) is 0 Å². The Morgan fingerprint density at radius 2 is 1.74 bits per heavy atom. The molecule has 0 saturated carbocycles. The summed E-state index contributed by atoms with van der Waals surface area (Å²) in [5, 5.41) is 13.1. The molecule has 0 radical (unpaired) electrons. The molecule has 2 aromatic carbocycles. The lowest BCUT2D eigenvalue weighted by atomic mass is 9.76. The number of esters is 1. The molecule has 1 N–H and O–H groups in total. The topological polar surface area (TPSA) is 106 Å². The number of anilines is 1. The average molecular weight is 647 g/mol. The van der Waals surface area contributed by atoms with Crippen molar-refractivity contribution in [3.8, 4) is 0 Å². The molecule has 0 aliphatic carbocycles. The van der Waals surface area contributed by atoms with E-state index in [0.717, 1.165) is 17.0 Å². The SMILES string of the molecule is CCOC(=O)C(CC(CC)c1ccccc1)CC(C)(C)C(=O)NC1C(=O)N(c2c(Cl)cc(Cl)cc2Cl)N=C1n1cccn1. The highest BCUT2D eigenvalue weighted by atomic mass is 35.5. The van der Waals surface area contributed by atoms with E-state index in [4.69, 9.17) is 39.5 Å². The van der Waals surface area contributed by atoms with Crippen molar-refractivity contribution in [1.29, 1.82) is 0 Å². The van der Waals surface area contributed by atoms with Crippen LogP contribution in [0.25, 0.3) is 0 Å². The largest absolute Gasteiger partial charge is 0.466 e. The maximum absolute atomic E-state index is 13.9. The fourth-order valence-electron chi connectivity index (χ4n) is 5.21. The van der Waals surface area contributed by atoms with Crippen molar-refractivity contribution in [1.82, 2.24) is 15.1 Å². The Morgan fingerprint density at radius 3 is 2.33 bits per heavy atom. The maximum Gasteiger partial charge on any atom is 0.308 e. The van der Waals surface area contributed by atoms with Gasteiger partial charge in [0.2, 0.25) is 5.91 Å². The molecule has 228 valence electrons. The molecule has 1 aliphatic rings. The van der Waals surface area contributed by atoms with E-state index in [1.165, 1.54) is 23.0 Å². The first-order valence-corrected chi connectivity index (χ1v) is 15.2. The van der Waals surface area contributed by atoms with Gasteiger partial charge in [-0.3, -0.25) is 14.4 Å². The molecule has 2 amide bonds. The summed E-state index contributed by atoms with van der Waals surface area (Å²) in [4.78, 5) is 40.7. The van der Waals surface area contributed by atoms with Crippen molar-refractivity contribution < 1.29 is 19.1 Å². The number of rotatable bonds is 11. The number of ether oxygens (including phenoxy) is 1. The van der Waals surface area contributed by atoms with Gasteiger partial charge in [0.25, 0.3) is 5.91 Å². The van der Waals surface area contributed by atoms with E-state index >= 15 is 0 Å². The van der Waals surface area contributed by atoms with Gasteiger partial charge in [-0.2, -0.15) is 10.1 Å². The maximum atomic E-state index is 13.9. The van der Waals surface area contributed by atoms with Crippen molar-refractivity contribution in [2.45, 2.75) is 58.9 Å². The van der Waals surface area contributed by atoms with Crippen LogP contribution >= 0.6 is 34.8 Å². The van der Waals surface area contributed by atoms with Crippen LogP contribution in [0.3, 0.4) is 0 Å². The lowest BCUT2D eigenvalue weighted by Gasteiger charge is -2.30. The Hall–Kier alpha value is -3.40. The number of hydrogen-bond donors (Lipinski definition) is 1. The number of aromatic nitrogens is 2. The molecule has 1 aliphatic heterocycles.